The minimum Gasteiger partial charge on any atom is -0.492 e. The number of nitrogens with one attached hydrogen (secondary N) is 1. The standard InChI is InChI=1S/C18H20BrNO/c19-16-7-3-14(4-8-16)12-15-5-9-18(10-6-15)21-13-17-2-1-11-20-17/h3-10,17,20H,1-2,11-13H2/t17-/m1/s1. The van der Waals surface area contributed by atoms with Crippen molar-refractivity contribution in [2.24, 2.45) is 0 Å². The normalized spacial score (nSPS) is 17.9. The van der Waals surface area contributed by atoms with Gasteiger partial charge in [0, 0.05) is 10.5 Å². The molecule has 0 spiro atoms. The van der Waals surface area contributed by atoms with Crippen molar-refractivity contribution in [2.75, 3.05) is 13.2 Å². The van der Waals surface area contributed by atoms with E-state index in [1.807, 2.05) is 0 Å². The Hall–Kier alpha value is -1.32. The maximum absolute atomic E-state index is 5.84. The molecule has 110 valence electrons. The molecule has 2 nitrogen and oxygen atoms in total. The third-order valence-electron chi connectivity index (χ3n) is 3.86. The molecule has 1 atom stereocenters. The number of hydrogen-bond donors (Lipinski definition) is 1. The van der Waals surface area contributed by atoms with E-state index < -0.39 is 0 Å². The fourth-order valence-electron chi connectivity index (χ4n) is 2.64. The van der Waals surface area contributed by atoms with Crippen LogP contribution in [-0.2, 0) is 6.42 Å². The number of ether oxygens (including phenoxy) is 1. The molecule has 1 fully saturated rings. The molecule has 0 unspecified atom stereocenters. The van der Waals surface area contributed by atoms with Crippen molar-refractivity contribution < 1.29 is 4.74 Å². The highest BCUT2D eigenvalue weighted by atomic mass is 79.9. The molecule has 1 aliphatic heterocycles. The van der Waals surface area contributed by atoms with Gasteiger partial charge >= 0.3 is 0 Å². The molecule has 21 heavy (non-hydrogen) atoms. The van der Waals surface area contributed by atoms with Crippen molar-refractivity contribution in [3.05, 3.63) is 64.1 Å². The van der Waals surface area contributed by atoms with Crippen LogP contribution in [0.3, 0.4) is 0 Å². The molecule has 2 aromatic carbocycles. The van der Waals surface area contributed by atoms with E-state index in [2.05, 4.69) is 69.8 Å². The van der Waals surface area contributed by atoms with Gasteiger partial charge in [-0.05, 0) is 61.2 Å². The topological polar surface area (TPSA) is 21.3 Å². The average Bonchev–Trinajstić information content (AvgIpc) is 3.02. The third kappa shape index (κ3) is 4.32. The maximum Gasteiger partial charge on any atom is 0.119 e. The fourth-order valence-corrected chi connectivity index (χ4v) is 2.90. The first kappa shape index (κ1) is 14.6. The second kappa shape index (κ2) is 7.10. The number of benzene rings is 2. The van der Waals surface area contributed by atoms with Gasteiger partial charge in [-0.2, -0.15) is 0 Å². The summed E-state index contributed by atoms with van der Waals surface area (Å²) in [7, 11) is 0. The first-order valence-electron chi connectivity index (χ1n) is 7.49. The highest BCUT2D eigenvalue weighted by molar-refractivity contribution is 9.10. The molecule has 0 saturated carbocycles. The molecule has 1 heterocycles. The molecule has 3 rings (SSSR count). The fraction of sp³-hybridized carbons (Fsp3) is 0.333. The maximum atomic E-state index is 5.84. The SMILES string of the molecule is Brc1ccc(Cc2ccc(OC[C@H]3CCCN3)cc2)cc1. The summed E-state index contributed by atoms with van der Waals surface area (Å²) in [5.41, 5.74) is 2.63. The summed E-state index contributed by atoms with van der Waals surface area (Å²) >= 11 is 3.46. The van der Waals surface area contributed by atoms with Crippen molar-refractivity contribution in [3.8, 4) is 5.75 Å². The molecule has 0 aromatic heterocycles. The average molecular weight is 346 g/mol. The van der Waals surface area contributed by atoms with Crippen LogP contribution < -0.4 is 10.1 Å². The Morgan fingerprint density at radius 1 is 1.00 bits per heavy atom. The van der Waals surface area contributed by atoms with E-state index in [1.54, 1.807) is 0 Å². The van der Waals surface area contributed by atoms with E-state index >= 15 is 0 Å². The third-order valence-corrected chi connectivity index (χ3v) is 4.39. The van der Waals surface area contributed by atoms with E-state index in [1.165, 1.54) is 24.0 Å². The van der Waals surface area contributed by atoms with Crippen molar-refractivity contribution >= 4 is 15.9 Å². The lowest BCUT2D eigenvalue weighted by Gasteiger charge is -2.12. The quantitative estimate of drug-likeness (QED) is 0.877. The summed E-state index contributed by atoms with van der Waals surface area (Å²) in [4.78, 5) is 0. The van der Waals surface area contributed by atoms with Gasteiger partial charge in [-0.3, -0.25) is 0 Å². The first-order chi connectivity index (χ1) is 10.3. The number of halogens is 1. The van der Waals surface area contributed by atoms with Crippen LogP contribution in [0.15, 0.2) is 53.0 Å². The van der Waals surface area contributed by atoms with Crippen LogP contribution in [-0.4, -0.2) is 19.2 Å². The summed E-state index contributed by atoms with van der Waals surface area (Å²) in [5.74, 6) is 0.961. The van der Waals surface area contributed by atoms with Crippen molar-refractivity contribution in [1.29, 1.82) is 0 Å². The van der Waals surface area contributed by atoms with Gasteiger partial charge in [0.1, 0.15) is 12.4 Å². The van der Waals surface area contributed by atoms with Crippen molar-refractivity contribution in [3.63, 3.8) is 0 Å². The summed E-state index contributed by atoms with van der Waals surface area (Å²) in [6, 6.07) is 17.4. The van der Waals surface area contributed by atoms with Gasteiger partial charge in [0.15, 0.2) is 0 Å². The smallest absolute Gasteiger partial charge is 0.119 e. The van der Waals surface area contributed by atoms with Crippen LogP contribution in [0.2, 0.25) is 0 Å². The second-order valence-electron chi connectivity index (χ2n) is 5.55. The Morgan fingerprint density at radius 2 is 1.67 bits per heavy atom. The molecule has 1 aliphatic rings. The minimum absolute atomic E-state index is 0.521. The van der Waals surface area contributed by atoms with Gasteiger partial charge in [-0.25, -0.2) is 0 Å². The summed E-state index contributed by atoms with van der Waals surface area (Å²) in [5, 5.41) is 3.45. The van der Waals surface area contributed by atoms with Crippen LogP contribution in [0.4, 0.5) is 0 Å². The predicted molar refractivity (Wildman–Crippen MR) is 89.9 cm³/mol. The van der Waals surface area contributed by atoms with E-state index in [-0.39, 0.29) is 0 Å². The molecule has 0 bridgehead atoms. The summed E-state index contributed by atoms with van der Waals surface area (Å²) in [6.45, 7) is 1.90. The van der Waals surface area contributed by atoms with Crippen LogP contribution in [0, 0.1) is 0 Å². The highest BCUT2D eigenvalue weighted by Crippen LogP contribution is 2.18. The molecule has 0 radical (unpaired) electrons. The number of rotatable bonds is 5. The van der Waals surface area contributed by atoms with E-state index in [4.69, 9.17) is 4.74 Å². The lowest BCUT2D eigenvalue weighted by Crippen LogP contribution is -2.28. The molecule has 0 aliphatic carbocycles. The Balaban J connectivity index is 1.54. The summed E-state index contributed by atoms with van der Waals surface area (Å²) < 4.78 is 6.96. The zero-order chi connectivity index (χ0) is 14.5. The zero-order valence-electron chi connectivity index (χ0n) is 12.0. The zero-order valence-corrected chi connectivity index (χ0v) is 13.6. The minimum atomic E-state index is 0.521. The Labute approximate surface area is 134 Å². The largest absolute Gasteiger partial charge is 0.492 e. The van der Waals surface area contributed by atoms with E-state index in [0.717, 1.165) is 29.8 Å². The Kier molecular flexibility index (Phi) is 4.94. The predicted octanol–water partition coefficient (Wildman–Crippen LogP) is 4.17. The van der Waals surface area contributed by atoms with Crippen LogP contribution in [0.5, 0.6) is 5.75 Å². The Morgan fingerprint density at radius 3 is 2.29 bits per heavy atom. The van der Waals surface area contributed by atoms with Crippen LogP contribution in [0.1, 0.15) is 24.0 Å². The first-order valence-corrected chi connectivity index (χ1v) is 8.28. The van der Waals surface area contributed by atoms with Gasteiger partial charge in [0.25, 0.3) is 0 Å². The van der Waals surface area contributed by atoms with Gasteiger partial charge < -0.3 is 10.1 Å². The molecular formula is C18H20BrNO. The van der Waals surface area contributed by atoms with Gasteiger partial charge in [-0.15, -0.1) is 0 Å². The lowest BCUT2D eigenvalue weighted by atomic mass is 10.1. The monoisotopic (exact) mass is 345 g/mol. The van der Waals surface area contributed by atoms with Gasteiger partial charge in [0.2, 0.25) is 0 Å². The molecule has 2 aromatic rings. The number of hydrogen-bond acceptors (Lipinski definition) is 2. The second-order valence-corrected chi connectivity index (χ2v) is 6.47. The Bertz CT molecular complexity index is 559. The lowest BCUT2D eigenvalue weighted by molar-refractivity contribution is 0.277. The van der Waals surface area contributed by atoms with Crippen molar-refractivity contribution in [1.82, 2.24) is 5.32 Å². The van der Waals surface area contributed by atoms with Crippen molar-refractivity contribution in [2.45, 2.75) is 25.3 Å². The van der Waals surface area contributed by atoms with E-state index in [9.17, 15) is 0 Å². The molecule has 0 amide bonds. The van der Waals surface area contributed by atoms with Gasteiger partial charge in [-0.1, -0.05) is 40.2 Å². The van der Waals surface area contributed by atoms with Gasteiger partial charge in [0.05, 0.1) is 0 Å². The molecule has 3 heteroatoms. The molecular weight excluding hydrogens is 326 g/mol. The molecule has 1 saturated heterocycles. The molecule has 1 N–H and O–H groups in total. The summed E-state index contributed by atoms with van der Waals surface area (Å²) in [6.07, 6.45) is 3.44. The van der Waals surface area contributed by atoms with E-state index in [0.29, 0.717) is 6.04 Å². The van der Waals surface area contributed by atoms with Crippen LogP contribution >= 0.6 is 15.9 Å². The highest BCUT2D eigenvalue weighted by Gasteiger charge is 2.14. The van der Waals surface area contributed by atoms with Crippen LogP contribution in [0.25, 0.3) is 0 Å².